The molecule has 3 aromatic rings. The molecule has 2 aromatic carbocycles. The fraction of sp³-hybridized carbons (Fsp3) is 0.136. The number of methoxy groups -OCH3 is 1. The Labute approximate surface area is 163 Å². The maximum atomic E-state index is 12.5. The lowest BCUT2D eigenvalue weighted by Gasteiger charge is -2.10. The number of aromatic nitrogens is 1. The van der Waals surface area contributed by atoms with Crippen LogP contribution < -0.4 is 15.4 Å². The van der Waals surface area contributed by atoms with Crippen LogP contribution in [0.5, 0.6) is 5.75 Å². The van der Waals surface area contributed by atoms with Crippen LogP contribution in [-0.4, -0.2) is 23.9 Å². The van der Waals surface area contributed by atoms with E-state index in [2.05, 4.69) is 15.6 Å². The summed E-state index contributed by atoms with van der Waals surface area (Å²) in [6.45, 7) is 2.39. The van der Waals surface area contributed by atoms with Gasteiger partial charge in [0.2, 0.25) is 0 Å². The maximum absolute atomic E-state index is 12.5. The zero-order valence-corrected chi connectivity index (χ0v) is 15.7. The SMILES string of the molecule is COc1ccccc1NC(=O)c1ccnc(C(=O)NCc2cccc(C)c2)c1. The third kappa shape index (κ3) is 4.73. The molecule has 2 N–H and O–H groups in total. The van der Waals surface area contributed by atoms with Crippen molar-refractivity contribution in [1.82, 2.24) is 10.3 Å². The first-order chi connectivity index (χ1) is 13.6. The number of aryl methyl sites for hydroxylation is 1. The molecule has 1 heterocycles. The molecule has 0 atom stereocenters. The second-order valence-corrected chi connectivity index (χ2v) is 6.26. The van der Waals surface area contributed by atoms with Gasteiger partial charge in [-0.3, -0.25) is 14.6 Å². The largest absolute Gasteiger partial charge is 0.495 e. The molecule has 0 aliphatic rings. The number of pyridine rings is 1. The molecular formula is C22H21N3O3. The fourth-order valence-corrected chi connectivity index (χ4v) is 2.73. The summed E-state index contributed by atoms with van der Waals surface area (Å²) in [6.07, 6.45) is 1.44. The smallest absolute Gasteiger partial charge is 0.270 e. The molecule has 0 unspecified atom stereocenters. The predicted molar refractivity (Wildman–Crippen MR) is 108 cm³/mol. The van der Waals surface area contributed by atoms with Gasteiger partial charge in [-0.25, -0.2) is 0 Å². The molecule has 142 valence electrons. The highest BCUT2D eigenvalue weighted by molar-refractivity contribution is 6.06. The van der Waals surface area contributed by atoms with Crippen molar-refractivity contribution in [3.8, 4) is 5.75 Å². The molecule has 3 rings (SSSR count). The lowest BCUT2D eigenvalue weighted by molar-refractivity contribution is 0.0946. The van der Waals surface area contributed by atoms with Crippen LogP contribution >= 0.6 is 0 Å². The van der Waals surface area contributed by atoms with Crippen molar-refractivity contribution in [2.75, 3.05) is 12.4 Å². The molecule has 6 nitrogen and oxygen atoms in total. The minimum atomic E-state index is -0.348. The van der Waals surface area contributed by atoms with Gasteiger partial charge in [-0.05, 0) is 36.8 Å². The fourth-order valence-electron chi connectivity index (χ4n) is 2.73. The highest BCUT2D eigenvalue weighted by Gasteiger charge is 2.13. The van der Waals surface area contributed by atoms with E-state index in [1.54, 1.807) is 24.3 Å². The standard InChI is InChI=1S/C22H21N3O3/c1-15-6-5-7-16(12-15)14-24-22(27)19-13-17(10-11-23-19)21(26)25-18-8-3-4-9-20(18)28-2/h3-13H,14H2,1-2H3,(H,24,27)(H,25,26). The summed E-state index contributed by atoms with van der Waals surface area (Å²) in [7, 11) is 1.54. The first kappa shape index (κ1) is 19.1. The van der Waals surface area contributed by atoms with Crippen LogP contribution in [0.1, 0.15) is 32.0 Å². The summed E-state index contributed by atoms with van der Waals surface area (Å²) in [5.74, 6) is -0.130. The number of hydrogen-bond acceptors (Lipinski definition) is 4. The summed E-state index contributed by atoms with van der Waals surface area (Å²) in [5, 5.41) is 5.61. The second kappa shape index (κ2) is 8.81. The van der Waals surface area contributed by atoms with Gasteiger partial charge in [-0.1, -0.05) is 42.0 Å². The minimum Gasteiger partial charge on any atom is -0.495 e. The number of anilines is 1. The summed E-state index contributed by atoms with van der Waals surface area (Å²) < 4.78 is 5.24. The number of hydrogen-bond donors (Lipinski definition) is 2. The Kier molecular flexibility index (Phi) is 6.01. The zero-order chi connectivity index (χ0) is 19.9. The lowest BCUT2D eigenvalue weighted by Crippen LogP contribution is -2.24. The molecule has 0 fully saturated rings. The number of para-hydroxylation sites is 2. The predicted octanol–water partition coefficient (Wildman–Crippen LogP) is 3.58. The molecule has 0 saturated carbocycles. The van der Waals surface area contributed by atoms with E-state index in [4.69, 9.17) is 4.74 Å². The topological polar surface area (TPSA) is 80.3 Å². The monoisotopic (exact) mass is 375 g/mol. The summed E-state index contributed by atoms with van der Waals surface area (Å²) >= 11 is 0. The highest BCUT2D eigenvalue weighted by atomic mass is 16.5. The second-order valence-electron chi connectivity index (χ2n) is 6.26. The highest BCUT2D eigenvalue weighted by Crippen LogP contribution is 2.23. The normalized spacial score (nSPS) is 10.2. The Morgan fingerprint density at radius 1 is 1.00 bits per heavy atom. The van der Waals surface area contributed by atoms with Crippen LogP contribution in [0.25, 0.3) is 0 Å². The van der Waals surface area contributed by atoms with Crippen molar-refractivity contribution >= 4 is 17.5 Å². The van der Waals surface area contributed by atoms with Gasteiger partial charge in [0.15, 0.2) is 0 Å². The summed E-state index contributed by atoms with van der Waals surface area (Å²) in [6, 6.07) is 18.0. The van der Waals surface area contributed by atoms with Crippen LogP contribution in [-0.2, 0) is 6.54 Å². The van der Waals surface area contributed by atoms with Gasteiger partial charge in [0.1, 0.15) is 11.4 Å². The van der Waals surface area contributed by atoms with Gasteiger partial charge in [-0.2, -0.15) is 0 Å². The number of nitrogens with one attached hydrogen (secondary N) is 2. The number of rotatable bonds is 6. The Balaban J connectivity index is 1.69. The molecule has 0 spiro atoms. The van der Waals surface area contributed by atoms with E-state index in [9.17, 15) is 9.59 Å². The minimum absolute atomic E-state index is 0.181. The lowest BCUT2D eigenvalue weighted by atomic mass is 10.1. The van der Waals surface area contributed by atoms with Crippen LogP contribution in [0, 0.1) is 6.92 Å². The van der Waals surface area contributed by atoms with Gasteiger partial charge in [-0.15, -0.1) is 0 Å². The molecule has 2 amide bonds. The van der Waals surface area contributed by atoms with Crippen molar-refractivity contribution in [1.29, 1.82) is 0 Å². The van der Waals surface area contributed by atoms with Gasteiger partial charge in [0.25, 0.3) is 11.8 Å². The van der Waals surface area contributed by atoms with Crippen molar-refractivity contribution in [3.05, 3.63) is 89.2 Å². The first-order valence-corrected chi connectivity index (χ1v) is 8.81. The number of nitrogens with zero attached hydrogens (tertiary/aromatic N) is 1. The van der Waals surface area contributed by atoms with E-state index >= 15 is 0 Å². The van der Waals surface area contributed by atoms with Gasteiger partial charge >= 0.3 is 0 Å². The van der Waals surface area contributed by atoms with Gasteiger partial charge in [0, 0.05) is 18.3 Å². The molecule has 0 aliphatic heterocycles. The molecule has 6 heteroatoms. The molecule has 1 aromatic heterocycles. The molecular weight excluding hydrogens is 354 g/mol. The first-order valence-electron chi connectivity index (χ1n) is 8.81. The number of carbonyl (C=O) groups is 2. The number of ether oxygens (including phenoxy) is 1. The average Bonchev–Trinajstić information content (AvgIpc) is 2.72. The van der Waals surface area contributed by atoms with Crippen LogP contribution in [0.3, 0.4) is 0 Å². The number of benzene rings is 2. The average molecular weight is 375 g/mol. The Morgan fingerprint density at radius 3 is 2.61 bits per heavy atom. The third-order valence-electron chi connectivity index (χ3n) is 4.15. The van der Waals surface area contributed by atoms with Crippen molar-refractivity contribution < 1.29 is 14.3 Å². The van der Waals surface area contributed by atoms with Crippen molar-refractivity contribution in [2.24, 2.45) is 0 Å². The van der Waals surface area contributed by atoms with Gasteiger partial charge < -0.3 is 15.4 Å². The quantitative estimate of drug-likeness (QED) is 0.690. The summed E-state index contributed by atoms with van der Waals surface area (Å²) in [4.78, 5) is 29.0. The Bertz CT molecular complexity index is 1000. The van der Waals surface area contributed by atoms with Crippen LogP contribution in [0.2, 0.25) is 0 Å². The third-order valence-corrected chi connectivity index (χ3v) is 4.15. The number of carbonyl (C=O) groups excluding carboxylic acids is 2. The van der Waals surface area contributed by atoms with E-state index in [-0.39, 0.29) is 17.5 Å². The van der Waals surface area contributed by atoms with Crippen LogP contribution in [0.15, 0.2) is 66.9 Å². The number of amides is 2. The maximum Gasteiger partial charge on any atom is 0.270 e. The molecule has 0 radical (unpaired) electrons. The van der Waals surface area contributed by atoms with Crippen molar-refractivity contribution in [3.63, 3.8) is 0 Å². The van der Waals surface area contributed by atoms with E-state index in [1.165, 1.54) is 19.4 Å². The molecule has 0 bridgehead atoms. The van der Waals surface area contributed by atoms with Crippen molar-refractivity contribution in [2.45, 2.75) is 13.5 Å². The van der Waals surface area contributed by atoms with E-state index in [0.29, 0.717) is 23.5 Å². The zero-order valence-electron chi connectivity index (χ0n) is 15.7. The molecule has 0 aliphatic carbocycles. The van der Waals surface area contributed by atoms with E-state index < -0.39 is 0 Å². The summed E-state index contributed by atoms with van der Waals surface area (Å²) in [5.41, 5.74) is 3.19. The van der Waals surface area contributed by atoms with E-state index in [1.807, 2.05) is 37.3 Å². The molecule has 28 heavy (non-hydrogen) atoms. The van der Waals surface area contributed by atoms with Crippen LogP contribution in [0.4, 0.5) is 5.69 Å². The Morgan fingerprint density at radius 2 is 1.82 bits per heavy atom. The molecule has 0 saturated heterocycles. The van der Waals surface area contributed by atoms with Gasteiger partial charge in [0.05, 0.1) is 12.8 Å². The van der Waals surface area contributed by atoms with E-state index in [0.717, 1.165) is 11.1 Å². The Hall–Kier alpha value is -3.67.